The Labute approximate surface area is 197 Å². The van der Waals surface area contributed by atoms with Crippen LogP contribution in [0.15, 0.2) is 85.2 Å². The summed E-state index contributed by atoms with van der Waals surface area (Å²) in [5.41, 5.74) is 4.08. The van der Waals surface area contributed by atoms with Crippen LogP contribution < -0.4 is 14.8 Å². The van der Waals surface area contributed by atoms with E-state index in [-0.39, 0.29) is 6.04 Å². The molecule has 1 N–H and O–H groups in total. The molecule has 1 aliphatic heterocycles. The van der Waals surface area contributed by atoms with Crippen molar-refractivity contribution in [2.45, 2.75) is 19.6 Å². The third-order valence-corrected chi connectivity index (χ3v) is 5.66. The Balaban J connectivity index is 1.47. The Kier molecular flexibility index (Phi) is 6.00. The summed E-state index contributed by atoms with van der Waals surface area (Å²) in [6.07, 6.45) is 3.68. The van der Waals surface area contributed by atoms with Crippen molar-refractivity contribution in [2.75, 3.05) is 11.9 Å². The zero-order chi connectivity index (χ0) is 22.6. The third kappa shape index (κ3) is 4.56. The van der Waals surface area contributed by atoms with E-state index in [0.717, 1.165) is 22.4 Å². The van der Waals surface area contributed by atoms with Gasteiger partial charge in [0.1, 0.15) is 19.0 Å². The predicted octanol–water partition coefficient (Wildman–Crippen LogP) is 5.97. The van der Waals surface area contributed by atoms with Crippen LogP contribution >= 0.6 is 11.6 Å². The van der Waals surface area contributed by atoms with Gasteiger partial charge in [-0.1, -0.05) is 60.1 Å². The standard InChI is InChI=1S/C26H23ClN4O2/c1-2-32-25-14-20(10-13-24(25)33-16-18-6-4-3-5-7-18)23-15-22(19-8-11-21(27)12-9-19)30-26-28-17-29-31(23)26/h3-15,17,23H,2,16H2,1H3,(H,28,29,30)/t23-/m1/s1. The first-order chi connectivity index (χ1) is 16.2. The maximum Gasteiger partial charge on any atom is 0.226 e. The molecule has 5 rings (SSSR count). The van der Waals surface area contributed by atoms with E-state index in [1.807, 2.05) is 84.4 Å². The van der Waals surface area contributed by atoms with Gasteiger partial charge < -0.3 is 14.8 Å². The molecule has 0 saturated heterocycles. The van der Waals surface area contributed by atoms with E-state index in [4.69, 9.17) is 21.1 Å². The summed E-state index contributed by atoms with van der Waals surface area (Å²) in [5.74, 6) is 2.08. The van der Waals surface area contributed by atoms with Gasteiger partial charge in [-0.3, -0.25) is 0 Å². The molecule has 0 saturated carbocycles. The highest BCUT2D eigenvalue weighted by Gasteiger charge is 2.24. The number of anilines is 1. The molecule has 0 amide bonds. The lowest BCUT2D eigenvalue weighted by atomic mass is 10.0. The highest BCUT2D eigenvalue weighted by molar-refractivity contribution is 6.30. The highest BCUT2D eigenvalue weighted by Crippen LogP contribution is 2.37. The second-order valence-electron chi connectivity index (χ2n) is 7.60. The van der Waals surface area contributed by atoms with E-state index in [2.05, 4.69) is 21.5 Å². The number of ether oxygens (including phenoxy) is 2. The molecule has 1 atom stereocenters. The summed E-state index contributed by atoms with van der Waals surface area (Å²) in [5, 5.41) is 8.49. The van der Waals surface area contributed by atoms with Gasteiger partial charge in [-0.2, -0.15) is 10.1 Å². The lowest BCUT2D eigenvalue weighted by Crippen LogP contribution is -2.20. The van der Waals surface area contributed by atoms with Crippen LogP contribution in [0.25, 0.3) is 5.70 Å². The highest BCUT2D eigenvalue weighted by atomic mass is 35.5. The van der Waals surface area contributed by atoms with Crippen LogP contribution in [0.2, 0.25) is 5.02 Å². The molecule has 1 aliphatic rings. The molecule has 33 heavy (non-hydrogen) atoms. The van der Waals surface area contributed by atoms with Gasteiger partial charge in [-0.25, -0.2) is 4.68 Å². The van der Waals surface area contributed by atoms with Crippen molar-refractivity contribution >= 4 is 23.2 Å². The van der Waals surface area contributed by atoms with Crippen LogP contribution in [0, 0.1) is 0 Å². The predicted molar refractivity (Wildman–Crippen MR) is 130 cm³/mol. The van der Waals surface area contributed by atoms with Gasteiger partial charge in [0.2, 0.25) is 5.95 Å². The van der Waals surface area contributed by atoms with Crippen molar-refractivity contribution in [3.05, 3.63) is 107 Å². The van der Waals surface area contributed by atoms with E-state index in [9.17, 15) is 0 Å². The van der Waals surface area contributed by atoms with Crippen LogP contribution in [-0.4, -0.2) is 21.4 Å². The van der Waals surface area contributed by atoms with Crippen LogP contribution in [-0.2, 0) is 6.61 Å². The number of hydrogen-bond donors (Lipinski definition) is 1. The summed E-state index contributed by atoms with van der Waals surface area (Å²) in [6.45, 7) is 2.98. The molecule has 2 heterocycles. The zero-order valence-electron chi connectivity index (χ0n) is 18.1. The van der Waals surface area contributed by atoms with Crippen molar-refractivity contribution in [1.29, 1.82) is 0 Å². The van der Waals surface area contributed by atoms with Gasteiger partial charge in [0.25, 0.3) is 0 Å². The SMILES string of the molecule is CCOc1cc([C@H]2C=C(c3ccc(Cl)cc3)Nc3ncnn32)ccc1OCc1ccccc1. The summed E-state index contributed by atoms with van der Waals surface area (Å²) >= 11 is 6.07. The lowest BCUT2D eigenvalue weighted by molar-refractivity contribution is 0.269. The third-order valence-electron chi connectivity index (χ3n) is 5.41. The second-order valence-corrected chi connectivity index (χ2v) is 8.04. The Hall–Kier alpha value is -3.77. The summed E-state index contributed by atoms with van der Waals surface area (Å²) in [7, 11) is 0. The fourth-order valence-electron chi connectivity index (χ4n) is 3.80. The van der Waals surface area contributed by atoms with E-state index in [1.54, 1.807) is 6.33 Å². The second kappa shape index (κ2) is 9.38. The molecule has 1 aromatic heterocycles. The van der Waals surface area contributed by atoms with Crippen molar-refractivity contribution in [3.8, 4) is 11.5 Å². The molecular weight excluding hydrogens is 436 g/mol. The number of nitrogens with one attached hydrogen (secondary N) is 1. The van der Waals surface area contributed by atoms with Gasteiger partial charge in [0.05, 0.1) is 6.61 Å². The summed E-state index contributed by atoms with van der Waals surface area (Å²) in [4.78, 5) is 4.38. The smallest absolute Gasteiger partial charge is 0.226 e. The molecule has 0 fully saturated rings. The van der Waals surface area contributed by atoms with Gasteiger partial charge >= 0.3 is 0 Å². The molecule has 4 aromatic rings. The number of nitrogens with zero attached hydrogens (tertiary/aromatic N) is 3. The van der Waals surface area contributed by atoms with E-state index in [1.165, 1.54) is 0 Å². The summed E-state index contributed by atoms with van der Waals surface area (Å²) < 4.78 is 13.9. The molecule has 6 nitrogen and oxygen atoms in total. The quantitative estimate of drug-likeness (QED) is 0.370. The molecular formula is C26H23ClN4O2. The number of rotatable bonds is 7. The van der Waals surface area contributed by atoms with Gasteiger partial charge in [0.15, 0.2) is 11.5 Å². The van der Waals surface area contributed by atoms with Crippen molar-refractivity contribution in [2.24, 2.45) is 0 Å². The normalized spacial score (nSPS) is 14.7. The number of benzene rings is 3. The molecule has 3 aromatic carbocycles. The Morgan fingerprint density at radius 2 is 1.79 bits per heavy atom. The Morgan fingerprint density at radius 3 is 2.58 bits per heavy atom. The minimum Gasteiger partial charge on any atom is -0.490 e. The van der Waals surface area contributed by atoms with Crippen LogP contribution in [0.4, 0.5) is 5.95 Å². The van der Waals surface area contributed by atoms with Gasteiger partial charge in [-0.05, 0) is 54.0 Å². The molecule has 0 unspecified atom stereocenters. The topological polar surface area (TPSA) is 61.2 Å². The lowest BCUT2D eigenvalue weighted by Gasteiger charge is -2.25. The maximum absolute atomic E-state index is 6.07. The fraction of sp³-hybridized carbons (Fsp3) is 0.154. The minimum absolute atomic E-state index is 0.156. The van der Waals surface area contributed by atoms with Gasteiger partial charge in [-0.15, -0.1) is 0 Å². The van der Waals surface area contributed by atoms with Crippen LogP contribution in [0.5, 0.6) is 11.5 Å². The molecule has 0 aliphatic carbocycles. The Bertz CT molecular complexity index is 1270. The largest absolute Gasteiger partial charge is 0.490 e. The van der Waals surface area contributed by atoms with E-state index in [0.29, 0.717) is 35.7 Å². The van der Waals surface area contributed by atoms with E-state index < -0.39 is 0 Å². The first kappa shape index (κ1) is 21.1. The molecule has 166 valence electrons. The monoisotopic (exact) mass is 458 g/mol. The average molecular weight is 459 g/mol. The minimum atomic E-state index is -0.156. The fourth-order valence-corrected chi connectivity index (χ4v) is 3.93. The van der Waals surface area contributed by atoms with Crippen LogP contribution in [0.1, 0.15) is 29.7 Å². The summed E-state index contributed by atoms with van der Waals surface area (Å²) in [6, 6.07) is 23.7. The van der Waals surface area contributed by atoms with Crippen molar-refractivity contribution in [1.82, 2.24) is 14.8 Å². The Morgan fingerprint density at radius 1 is 0.970 bits per heavy atom. The van der Waals surface area contributed by atoms with Crippen LogP contribution in [0.3, 0.4) is 0 Å². The first-order valence-corrected chi connectivity index (χ1v) is 11.2. The molecule has 0 spiro atoms. The van der Waals surface area contributed by atoms with Crippen molar-refractivity contribution in [3.63, 3.8) is 0 Å². The van der Waals surface area contributed by atoms with Crippen molar-refractivity contribution < 1.29 is 9.47 Å². The molecule has 0 bridgehead atoms. The van der Waals surface area contributed by atoms with Gasteiger partial charge in [0, 0.05) is 10.7 Å². The number of aromatic nitrogens is 3. The maximum atomic E-state index is 6.07. The molecule has 0 radical (unpaired) electrons. The van der Waals surface area contributed by atoms with E-state index >= 15 is 0 Å². The first-order valence-electron chi connectivity index (χ1n) is 10.8. The number of fused-ring (bicyclic) bond motifs is 1. The zero-order valence-corrected chi connectivity index (χ0v) is 18.9. The number of allylic oxidation sites excluding steroid dienone is 1. The number of halogens is 1. The molecule has 7 heteroatoms. The number of hydrogen-bond acceptors (Lipinski definition) is 5. The average Bonchev–Trinajstić information content (AvgIpc) is 3.33.